The van der Waals surface area contributed by atoms with E-state index in [9.17, 15) is 14.4 Å². The fourth-order valence-corrected chi connectivity index (χ4v) is 7.79. The van der Waals surface area contributed by atoms with Gasteiger partial charge in [-0.05, 0) is 70.0 Å². The van der Waals surface area contributed by atoms with E-state index in [1.807, 2.05) is 28.0 Å². The molecule has 0 spiro atoms. The first-order valence-corrected chi connectivity index (χ1v) is 16.4. The van der Waals surface area contributed by atoms with Crippen molar-refractivity contribution in [3.63, 3.8) is 0 Å². The molecule has 4 atom stereocenters. The number of carbonyl (C=O) groups is 3. The molecule has 1 aromatic heterocycles. The van der Waals surface area contributed by atoms with Crippen LogP contribution >= 0.6 is 11.3 Å². The fraction of sp³-hybridized carbons (Fsp3) is 0.515. The van der Waals surface area contributed by atoms with E-state index in [1.165, 1.54) is 0 Å². The Morgan fingerprint density at radius 3 is 2.49 bits per heavy atom. The van der Waals surface area contributed by atoms with Gasteiger partial charge < -0.3 is 25.2 Å². The standard InChI is InChI=1S/C33H41N5O4S/c1-21(34-2)30(39)35-28(23-15-18-37(19-16-23)32(40)26-13-8-20-42-26)33(41)38-17-7-12-25(38)31-36-29-24(11-6-14-27(29)43-31)22-9-4-3-5-10-22/h3-6,9-11,14,21,23,25-26,28,34H,7-8,12-13,15-20H2,1-2H3,(H,35,39)/t21-,25?,26+,28?/m0/s1. The maximum Gasteiger partial charge on any atom is 0.251 e. The Bertz CT molecular complexity index is 1450. The van der Waals surface area contributed by atoms with Gasteiger partial charge in [0.1, 0.15) is 17.2 Å². The molecule has 3 aliphatic rings. The zero-order valence-corrected chi connectivity index (χ0v) is 25.8. The molecule has 0 saturated carbocycles. The first-order chi connectivity index (χ1) is 20.9. The number of amides is 3. The minimum atomic E-state index is -0.654. The van der Waals surface area contributed by atoms with Gasteiger partial charge in [-0.3, -0.25) is 14.4 Å². The van der Waals surface area contributed by atoms with Crippen LogP contribution < -0.4 is 10.6 Å². The van der Waals surface area contributed by atoms with Crippen LogP contribution in [-0.4, -0.2) is 84.0 Å². The van der Waals surface area contributed by atoms with Crippen molar-refractivity contribution in [3.05, 3.63) is 53.5 Å². The largest absolute Gasteiger partial charge is 0.368 e. The average Bonchev–Trinajstić information content (AvgIpc) is 3.84. The van der Waals surface area contributed by atoms with E-state index in [-0.39, 0.29) is 35.8 Å². The van der Waals surface area contributed by atoms with Crippen molar-refractivity contribution in [2.24, 2.45) is 5.92 Å². The van der Waals surface area contributed by atoms with Gasteiger partial charge in [-0.1, -0.05) is 42.5 Å². The Kier molecular flexibility index (Phi) is 9.06. The van der Waals surface area contributed by atoms with Gasteiger partial charge in [0, 0.05) is 31.8 Å². The van der Waals surface area contributed by atoms with Gasteiger partial charge in [-0.25, -0.2) is 4.98 Å². The Hall–Kier alpha value is -3.34. The molecule has 3 fully saturated rings. The van der Waals surface area contributed by atoms with Gasteiger partial charge in [0.05, 0.1) is 22.3 Å². The second-order valence-corrected chi connectivity index (χ2v) is 13.0. The number of piperidine rings is 1. The molecule has 43 heavy (non-hydrogen) atoms. The van der Waals surface area contributed by atoms with E-state index >= 15 is 0 Å². The molecule has 228 valence electrons. The number of likely N-dealkylation sites (N-methyl/N-ethyl adjacent to an activating group) is 1. The highest BCUT2D eigenvalue weighted by Crippen LogP contribution is 2.40. The molecule has 0 radical (unpaired) electrons. The van der Waals surface area contributed by atoms with E-state index in [1.54, 1.807) is 25.3 Å². The van der Waals surface area contributed by atoms with E-state index in [0.717, 1.165) is 52.0 Å². The van der Waals surface area contributed by atoms with Crippen LogP contribution in [0.25, 0.3) is 21.3 Å². The normalized spacial score (nSPS) is 22.6. The highest BCUT2D eigenvalue weighted by atomic mass is 32.1. The Balaban J connectivity index is 1.23. The number of ether oxygens (including phenoxy) is 1. The maximum absolute atomic E-state index is 14.4. The first kappa shape index (κ1) is 29.7. The summed E-state index contributed by atoms with van der Waals surface area (Å²) in [6, 6.07) is 15.3. The van der Waals surface area contributed by atoms with E-state index in [2.05, 4.69) is 41.0 Å². The topological polar surface area (TPSA) is 104 Å². The third-order valence-electron chi connectivity index (χ3n) is 9.26. The molecule has 0 bridgehead atoms. The lowest BCUT2D eigenvalue weighted by molar-refractivity contribution is -0.144. The van der Waals surface area contributed by atoms with Gasteiger partial charge in [0.25, 0.3) is 5.91 Å². The summed E-state index contributed by atoms with van der Waals surface area (Å²) in [7, 11) is 1.74. The molecule has 9 nitrogen and oxygen atoms in total. The van der Waals surface area contributed by atoms with Crippen molar-refractivity contribution < 1.29 is 19.1 Å². The fourth-order valence-electron chi connectivity index (χ4n) is 6.64. The van der Waals surface area contributed by atoms with Gasteiger partial charge >= 0.3 is 0 Å². The lowest BCUT2D eigenvalue weighted by Crippen LogP contribution is -2.57. The Morgan fingerprint density at radius 2 is 1.77 bits per heavy atom. The monoisotopic (exact) mass is 603 g/mol. The molecular formula is C33H41N5O4S. The number of hydrogen-bond donors (Lipinski definition) is 2. The molecule has 3 amide bonds. The van der Waals surface area contributed by atoms with E-state index < -0.39 is 12.1 Å². The Labute approximate surface area is 257 Å². The summed E-state index contributed by atoms with van der Waals surface area (Å²) in [6.45, 7) is 4.19. The van der Waals surface area contributed by atoms with Crippen LogP contribution in [0, 0.1) is 5.92 Å². The Morgan fingerprint density at radius 1 is 0.977 bits per heavy atom. The van der Waals surface area contributed by atoms with Crippen molar-refractivity contribution in [1.29, 1.82) is 0 Å². The number of benzene rings is 2. The maximum atomic E-state index is 14.4. The highest BCUT2D eigenvalue weighted by Gasteiger charge is 2.42. The minimum Gasteiger partial charge on any atom is -0.368 e. The number of hydrogen-bond acceptors (Lipinski definition) is 7. The molecule has 2 N–H and O–H groups in total. The van der Waals surface area contributed by atoms with E-state index in [4.69, 9.17) is 9.72 Å². The minimum absolute atomic E-state index is 0.0504. The van der Waals surface area contributed by atoms with Gasteiger partial charge in [-0.2, -0.15) is 0 Å². The number of thiazole rings is 1. The third kappa shape index (κ3) is 6.18. The van der Waals surface area contributed by atoms with Crippen molar-refractivity contribution in [2.75, 3.05) is 33.3 Å². The van der Waals surface area contributed by atoms with Crippen molar-refractivity contribution in [3.8, 4) is 11.1 Å². The van der Waals surface area contributed by atoms with Crippen molar-refractivity contribution in [1.82, 2.24) is 25.4 Å². The van der Waals surface area contributed by atoms with Crippen LogP contribution in [-0.2, 0) is 19.1 Å². The van der Waals surface area contributed by atoms with Gasteiger partial charge in [0.2, 0.25) is 11.8 Å². The van der Waals surface area contributed by atoms with E-state index in [0.29, 0.717) is 39.1 Å². The van der Waals surface area contributed by atoms with Crippen LogP contribution in [0.5, 0.6) is 0 Å². The molecule has 2 unspecified atom stereocenters. The van der Waals surface area contributed by atoms with Crippen molar-refractivity contribution in [2.45, 2.75) is 69.7 Å². The van der Waals surface area contributed by atoms with Crippen LogP contribution in [0.4, 0.5) is 0 Å². The summed E-state index contributed by atoms with van der Waals surface area (Å²) in [5.74, 6) is -0.250. The molecule has 0 aliphatic carbocycles. The average molecular weight is 604 g/mol. The number of carbonyl (C=O) groups excluding carboxylic acids is 3. The summed E-state index contributed by atoms with van der Waals surface area (Å²) >= 11 is 1.65. The third-order valence-corrected chi connectivity index (χ3v) is 10.4. The van der Waals surface area contributed by atoms with Gasteiger partial charge in [0.15, 0.2) is 0 Å². The predicted octanol–water partition coefficient (Wildman–Crippen LogP) is 4.14. The molecule has 4 heterocycles. The summed E-state index contributed by atoms with van der Waals surface area (Å²) in [4.78, 5) is 49.4. The zero-order valence-electron chi connectivity index (χ0n) is 25.0. The quantitative estimate of drug-likeness (QED) is 0.401. The number of para-hydroxylation sites is 1. The number of nitrogens with zero attached hydrogens (tertiary/aromatic N) is 3. The number of nitrogens with one attached hydrogen (secondary N) is 2. The number of rotatable bonds is 8. The second-order valence-electron chi connectivity index (χ2n) is 11.9. The first-order valence-electron chi connectivity index (χ1n) is 15.6. The number of likely N-dealkylation sites (tertiary alicyclic amines) is 2. The molecule has 2 aromatic carbocycles. The molecule has 3 aliphatic heterocycles. The molecule has 3 saturated heterocycles. The van der Waals surface area contributed by atoms with Crippen molar-refractivity contribution >= 4 is 39.3 Å². The number of aromatic nitrogens is 1. The van der Waals surface area contributed by atoms with Crippen LogP contribution in [0.2, 0.25) is 0 Å². The van der Waals surface area contributed by atoms with Gasteiger partial charge in [-0.15, -0.1) is 11.3 Å². The molecule has 10 heteroatoms. The molecule has 6 rings (SSSR count). The van der Waals surface area contributed by atoms with Crippen LogP contribution in [0.1, 0.15) is 56.5 Å². The summed E-state index contributed by atoms with van der Waals surface area (Å²) in [5, 5.41) is 7.04. The lowest BCUT2D eigenvalue weighted by Gasteiger charge is -2.38. The zero-order chi connectivity index (χ0) is 29.9. The van der Waals surface area contributed by atoms with Crippen LogP contribution in [0.3, 0.4) is 0 Å². The summed E-state index contributed by atoms with van der Waals surface area (Å²) in [6.07, 6.45) is 4.39. The highest BCUT2D eigenvalue weighted by molar-refractivity contribution is 7.18. The summed E-state index contributed by atoms with van der Waals surface area (Å²) in [5.41, 5.74) is 3.17. The summed E-state index contributed by atoms with van der Waals surface area (Å²) < 4.78 is 6.73. The predicted molar refractivity (Wildman–Crippen MR) is 167 cm³/mol. The molecular weight excluding hydrogens is 562 g/mol. The van der Waals surface area contributed by atoms with Crippen LogP contribution in [0.15, 0.2) is 48.5 Å². The smallest absolute Gasteiger partial charge is 0.251 e. The number of fused-ring (bicyclic) bond motifs is 1. The lowest BCUT2D eigenvalue weighted by atomic mass is 9.87. The SMILES string of the molecule is CN[C@@H](C)C(=O)NC(C(=O)N1CCCC1c1nc2c(-c3ccccc3)cccc2s1)C1CCN(C(=O)[C@H]2CCCO2)CC1. The second kappa shape index (κ2) is 13.1. The molecule has 3 aromatic rings.